The number of thiophene rings is 1. The molecule has 0 saturated heterocycles. The molecule has 118 valence electrons. The molecule has 1 heterocycles. The molecule has 0 fully saturated rings. The van der Waals surface area contributed by atoms with E-state index in [0.29, 0.717) is 0 Å². The van der Waals surface area contributed by atoms with Crippen molar-refractivity contribution in [1.29, 1.82) is 0 Å². The first-order chi connectivity index (χ1) is 12.2. The van der Waals surface area contributed by atoms with Gasteiger partial charge in [0.05, 0.1) is 0 Å². The van der Waals surface area contributed by atoms with Crippen LogP contribution in [0.25, 0.3) is 53.2 Å². The lowest BCUT2D eigenvalue weighted by Crippen LogP contribution is -1.84. The van der Waals surface area contributed by atoms with E-state index in [1.165, 1.54) is 64.3 Å². The van der Waals surface area contributed by atoms with Crippen LogP contribution in [-0.4, -0.2) is 0 Å². The van der Waals surface area contributed by atoms with Crippen LogP contribution in [0, 0.1) is 13.8 Å². The van der Waals surface area contributed by atoms with E-state index in [1.807, 2.05) is 11.3 Å². The summed E-state index contributed by atoms with van der Waals surface area (Å²) in [6.07, 6.45) is 0. The zero-order valence-corrected chi connectivity index (χ0v) is 15.0. The lowest BCUT2D eigenvalue weighted by Gasteiger charge is -2.09. The Hall–Kier alpha value is -2.64. The van der Waals surface area contributed by atoms with Gasteiger partial charge in [0, 0.05) is 20.2 Å². The minimum Gasteiger partial charge on any atom is -0.135 e. The summed E-state index contributed by atoms with van der Waals surface area (Å²) in [5.74, 6) is 0. The summed E-state index contributed by atoms with van der Waals surface area (Å²) in [5, 5.41) is 5.60. The van der Waals surface area contributed by atoms with Crippen LogP contribution in [0.4, 0.5) is 0 Å². The van der Waals surface area contributed by atoms with Crippen molar-refractivity contribution in [2.45, 2.75) is 13.8 Å². The van der Waals surface area contributed by atoms with Gasteiger partial charge in [0.1, 0.15) is 0 Å². The lowest BCUT2D eigenvalue weighted by atomic mass is 9.94. The largest absolute Gasteiger partial charge is 0.135 e. The summed E-state index contributed by atoms with van der Waals surface area (Å²) in [6, 6.07) is 22.7. The molecule has 0 saturated carbocycles. The second kappa shape index (κ2) is 4.50. The van der Waals surface area contributed by atoms with E-state index in [4.69, 9.17) is 0 Å². The van der Waals surface area contributed by atoms with Crippen molar-refractivity contribution < 1.29 is 0 Å². The molecule has 0 unspecified atom stereocenters. The predicted octanol–water partition coefficient (Wildman–Crippen LogP) is 7.47. The first-order valence-corrected chi connectivity index (χ1v) is 9.53. The highest BCUT2D eigenvalue weighted by atomic mass is 32.1. The fourth-order valence-corrected chi connectivity index (χ4v) is 5.75. The number of hydrogen-bond donors (Lipinski definition) is 0. The molecule has 0 nitrogen and oxygen atoms in total. The summed E-state index contributed by atoms with van der Waals surface area (Å²) in [7, 11) is 0. The Bertz CT molecular complexity index is 1350. The van der Waals surface area contributed by atoms with Crippen LogP contribution < -0.4 is 0 Å². The maximum absolute atomic E-state index is 2.39. The average molecular weight is 336 g/mol. The van der Waals surface area contributed by atoms with Gasteiger partial charge in [0.15, 0.2) is 0 Å². The fraction of sp³-hybridized carbons (Fsp3) is 0.0833. The number of aryl methyl sites for hydroxylation is 2. The number of benzene rings is 4. The van der Waals surface area contributed by atoms with Gasteiger partial charge < -0.3 is 0 Å². The second-order valence-electron chi connectivity index (χ2n) is 7.13. The molecule has 0 aliphatic heterocycles. The molecule has 4 aromatic carbocycles. The Balaban J connectivity index is 1.93. The number of hydrogen-bond acceptors (Lipinski definition) is 1. The monoisotopic (exact) mass is 336 g/mol. The summed E-state index contributed by atoms with van der Waals surface area (Å²) in [5.41, 5.74) is 8.39. The van der Waals surface area contributed by atoms with Crippen LogP contribution in [0.5, 0.6) is 0 Å². The van der Waals surface area contributed by atoms with Crippen molar-refractivity contribution in [1.82, 2.24) is 0 Å². The molecule has 1 aromatic heterocycles. The van der Waals surface area contributed by atoms with E-state index in [2.05, 4.69) is 74.5 Å². The second-order valence-corrected chi connectivity index (χ2v) is 8.21. The summed E-state index contributed by atoms with van der Waals surface area (Å²) in [6.45, 7) is 4.45. The molecule has 0 N–H and O–H groups in total. The van der Waals surface area contributed by atoms with Crippen LogP contribution in [0.2, 0.25) is 0 Å². The Labute approximate surface area is 150 Å². The highest BCUT2D eigenvalue weighted by Crippen LogP contribution is 2.54. The third kappa shape index (κ3) is 1.62. The van der Waals surface area contributed by atoms with Crippen molar-refractivity contribution in [3.05, 3.63) is 71.8 Å². The highest BCUT2D eigenvalue weighted by Gasteiger charge is 2.26. The van der Waals surface area contributed by atoms with E-state index in [0.717, 1.165) is 0 Å². The van der Waals surface area contributed by atoms with E-state index >= 15 is 0 Å². The van der Waals surface area contributed by atoms with Gasteiger partial charge in [-0.15, -0.1) is 11.3 Å². The first-order valence-electron chi connectivity index (χ1n) is 8.71. The molecule has 6 rings (SSSR count). The third-order valence-corrected chi connectivity index (χ3v) is 6.67. The van der Waals surface area contributed by atoms with Gasteiger partial charge in [-0.1, -0.05) is 48.0 Å². The van der Waals surface area contributed by atoms with Gasteiger partial charge in [0.25, 0.3) is 0 Å². The van der Waals surface area contributed by atoms with Gasteiger partial charge in [-0.25, -0.2) is 0 Å². The van der Waals surface area contributed by atoms with E-state index < -0.39 is 0 Å². The molecule has 1 aliphatic rings. The number of rotatable bonds is 0. The molecule has 25 heavy (non-hydrogen) atoms. The van der Waals surface area contributed by atoms with Gasteiger partial charge in [-0.05, 0) is 70.6 Å². The Kier molecular flexibility index (Phi) is 2.45. The Morgan fingerprint density at radius 2 is 1.44 bits per heavy atom. The van der Waals surface area contributed by atoms with Gasteiger partial charge in [-0.2, -0.15) is 0 Å². The normalized spacial score (nSPS) is 12.4. The maximum atomic E-state index is 2.39. The van der Waals surface area contributed by atoms with Gasteiger partial charge >= 0.3 is 0 Å². The predicted molar refractivity (Wildman–Crippen MR) is 111 cm³/mol. The topological polar surface area (TPSA) is 0 Å². The molecule has 0 radical (unpaired) electrons. The fourth-order valence-electron chi connectivity index (χ4n) is 4.55. The van der Waals surface area contributed by atoms with E-state index in [9.17, 15) is 0 Å². The summed E-state index contributed by atoms with van der Waals surface area (Å²) in [4.78, 5) is 0. The van der Waals surface area contributed by atoms with Crippen molar-refractivity contribution in [3.8, 4) is 22.3 Å². The van der Waals surface area contributed by atoms with Crippen LogP contribution in [-0.2, 0) is 0 Å². The van der Waals surface area contributed by atoms with Gasteiger partial charge in [0.2, 0.25) is 0 Å². The third-order valence-electron chi connectivity index (χ3n) is 5.56. The molecule has 0 atom stereocenters. The zero-order valence-electron chi connectivity index (χ0n) is 14.2. The minimum absolute atomic E-state index is 1.33. The average Bonchev–Trinajstić information content (AvgIpc) is 3.13. The zero-order chi connectivity index (χ0) is 16.7. The van der Waals surface area contributed by atoms with Crippen LogP contribution >= 0.6 is 11.3 Å². The van der Waals surface area contributed by atoms with Crippen LogP contribution in [0.1, 0.15) is 11.1 Å². The Morgan fingerprint density at radius 1 is 0.680 bits per heavy atom. The molecule has 5 aromatic rings. The van der Waals surface area contributed by atoms with Crippen molar-refractivity contribution in [2.75, 3.05) is 0 Å². The number of fused-ring (bicyclic) bond motifs is 7. The maximum Gasteiger partial charge on any atom is 0.0364 e. The van der Waals surface area contributed by atoms with Crippen molar-refractivity contribution in [2.24, 2.45) is 0 Å². The lowest BCUT2D eigenvalue weighted by molar-refractivity contribution is 1.51. The van der Waals surface area contributed by atoms with Crippen LogP contribution in [0.3, 0.4) is 0 Å². The smallest absolute Gasteiger partial charge is 0.0364 e. The standard InChI is InChI=1S/C24H16S/c1-13-9-10-19-18(11-13)23-20(25-19)12-14(2)21-16-7-3-5-15-6-4-8-17(22(15)16)24(21)23/h3-12H,1-2H3. The quantitative estimate of drug-likeness (QED) is 0.270. The van der Waals surface area contributed by atoms with Crippen LogP contribution in [0.15, 0.2) is 60.7 Å². The van der Waals surface area contributed by atoms with E-state index in [-0.39, 0.29) is 0 Å². The minimum atomic E-state index is 1.33. The molecule has 0 bridgehead atoms. The van der Waals surface area contributed by atoms with Gasteiger partial charge in [-0.3, -0.25) is 0 Å². The Morgan fingerprint density at radius 3 is 2.24 bits per heavy atom. The molecule has 1 aliphatic carbocycles. The first kappa shape index (κ1) is 13.6. The van der Waals surface area contributed by atoms with Crippen molar-refractivity contribution in [3.63, 3.8) is 0 Å². The highest BCUT2D eigenvalue weighted by molar-refractivity contribution is 7.26. The SMILES string of the molecule is Cc1ccc2sc3cc(C)c4c(c3c2c1)-c1cccc2cccc-4c12. The molecular formula is C24H16S. The summed E-state index contributed by atoms with van der Waals surface area (Å²) >= 11 is 1.92. The summed E-state index contributed by atoms with van der Waals surface area (Å²) < 4.78 is 2.79. The van der Waals surface area contributed by atoms with E-state index in [1.54, 1.807) is 0 Å². The molecule has 1 heteroatoms. The molecule has 0 spiro atoms. The molecular weight excluding hydrogens is 320 g/mol. The molecule has 0 amide bonds. The van der Waals surface area contributed by atoms with Crippen molar-refractivity contribution >= 4 is 42.3 Å².